The molecule has 3 unspecified atom stereocenters. The molecule has 14 heavy (non-hydrogen) atoms. The Morgan fingerprint density at radius 1 is 1.36 bits per heavy atom. The van der Waals surface area contributed by atoms with Crippen molar-refractivity contribution in [2.75, 3.05) is 0 Å². The third-order valence-corrected chi connectivity index (χ3v) is 4.63. The number of nitrogens with two attached hydrogens (primary N) is 1. The van der Waals surface area contributed by atoms with E-state index in [0.29, 0.717) is 11.5 Å². The molecule has 0 aliphatic heterocycles. The van der Waals surface area contributed by atoms with E-state index >= 15 is 0 Å². The topological polar surface area (TPSA) is 26.0 Å². The first-order chi connectivity index (χ1) is 6.59. The summed E-state index contributed by atoms with van der Waals surface area (Å²) in [5.74, 6) is 1.77. The summed E-state index contributed by atoms with van der Waals surface area (Å²) in [5.41, 5.74) is 6.95. The third-order valence-electron chi connectivity index (χ3n) is 4.63. The van der Waals surface area contributed by atoms with Crippen molar-refractivity contribution in [2.24, 2.45) is 23.0 Å². The van der Waals surface area contributed by atoms with Crippen molar-refractivity contribution in [1.82, 2.24) is 0 Å². The SMILES string of the molecule is CC1CCC(C(N)CC2(C)CCC2)C1. The molecule has 0 amide bonds. The lowest BCUT2D eigenvalue weighted by atomic mass is 9.65. The molecule has 1 nitrogen and oxygen atoms in total. The van der Waals surface area contributed by atoms with Gasteiger partial charge in [0.1, 0.15) is 0 Å². The molecule has 1 heteroatoms. The van der Waals surface area contributed by atoms with Crippen molar-refractivity contribution in [1.29, 1.82) is 0 Å². The summed E-state index contributed by atoms with van der Waals surface area (Å²) in [7, 11) is 0. The molecule has 0 spiro atoms. The molecule has 2 rings (SSSR count). The second kappa shape index (κ2) is 3.84. The van der Waals surface area contributed by atoms with E-state index in [9.17, 15) is 0 Å². The molecule has 2 fully saturated rings. The summed E-state index contributed by atoms with van der Waals surface area (Å²) in [6.07, 6.45) is 9.74. The Balaban J connectivity index is 1.80. The molecule has 0 heterocycles. The van der Waals surface area contributed by atoms with Crippen LogP contribution in [0.15, 0.2) is 0 Å². The molecule has 0 saturated heterocycles. The van der Waals surface area contributed by atoms with Crippen molar-refractivity contribution >= 4 is 0 Å². The molecule has 0 bridgehead atoms. The molecule has 0 aromatic heterocycles. The molecule has 2 aliphatic rings. The first kappa shape index (κ1) is 10.5. The van der Waals surface area contributed by atoms with Gasteiger partial charge in [0.05, 0.1) is 0 Å². The Hall–Kier alpha value is -0.0400. The van der Waals surface area contributed by atoms with Crippen LogP contribution in [0.25, 0.3) is 0 Å². The summed E-state index contributed by atoms with van der Waals surface area (Å²) in [4.78, 5) is 0. The highest BCUT2D eigenvalue weighted by atomic mass is 14.7. The zero-order valence-corrected chi connectivity index (χ0v) is 9.76. The Bertz CT molecular complexity index is 195. The van der Waals surface area contributed by atoms with Crippen LogP contribution in [0.4, 0.5) is 0 Å². The molecule has 2 saturated carbocycles. The normalized spacial score (nSPS) is 37.9. The maximum atomic E-state index is 6.34. The van der Waals surface area contributed by atoms with Crippen LogP contribution in [0.3, 0.4) is 0 Å². The van der Waals surface area contributed by atoms with Gasteiger partial charge in [-0.3, -0.25) is 0 Å². The fourth-order valence-electron chi connectivity index (χ4n) is 3.36. The van der Waals surface area contributed by atoms with Crippen molar-refractivity contribution in [3.05, 3.63) is 0 Å². The van der Waals surface area contributed by atoms with Gasteiger partial charge in [-0.15, -0.1) is 0 Å². The van der Waals surface area contributed by atoms with Crippen LogP contribution in [0.5, 0.6) is 0 Å². The molecular weight excluding hydrogens is 170 g/mol. The van der Waals surface area contributed by atoms with Crippen molar-refractivity contribution in [3.63, 3.8) is 0 Å². The zero-order chi connectivity index (χ0) is 10.2. The molecule has 0 aromatic carbocycles. The van der Waals surface area contributed by atoms with Crippen molar-refractivity contribution in [2.45, 2.75) is 64.8 Å². The maximum absolute atomic E-state index is 6.34. The second-order valence-corrected chi connectivity index (χ2v) is 6.21. The lowest BCUT2D eigenvalue weighted by molar-refractivity contribution is 0.121. The first-order valence-corrected chi connectivity index (χ1v) is 6.35. The number of rotatable bonds is 3. The standard InChI is InChI=1S/C13H25N/c1-10-4-5-11(8-10)12(14)9-13(2)6-3-7-13/h10-12H,3-9,14H2,1-2H3. The smallest absolute Gasteiger partial charge is 0.00724 e. The van der Waals surface area contributed by atoms with Gasteiger partial charge in [0, 0.05) is 6.04 Å². The van der Waals surface area contributed by atoms with E-state index in [2.05, 4.69) is 13.8 Å². The van der Waals surface area contributed by atoms with E-state index in [1.165, 1.54) is 44.9 Å². The van der Waals surface area contributed by atoms with E-state index in [1.807, 2.05) is 0 Å². The van der Waals surface area contributed by atoms with Crippen LogP contribution in [0.1, 0.15) is 58.8 Å². The lowest BCUT2D eigenvalue weighted by Gasteiger charge is -2.41. The van der Waals surface area contributed by atoms with Crippen LogP contribution in [-0.2, 0) is 0 Å². The Kier molecular flexibility index (Phi) is 2.88. The van der Waals surface area contributed by atoms with Crippen LogP contribution >= 0.6 is 0 Å². The largest absolute Gasteiger partial charge is 0.327 e. The van der Waals surface area contributed by atoms with Gasteiger partial charge in [0.2, 0.25) is 0 Å². The van der Waals surface area contributed by atoms with Gasteiger partial charge in [-0.1, -0.05) is 26.7 Å². The quantitative estimate of drug-likeness (QED) is 0.734. The summed E-state index contributed by atoms with van der Waals surface area (Å²) >= 11 is 0. The van der Waals surface area contributed by atoms with Gasteiger partial charge < -0.3 is 5.73 Å². The van der Waals surface area contributed by atoms with Crippen LogP contribution in [0.2, 0.25) is 0 Å². The van der Waals surface area contributed by atoms with Crippen molar-refractivity contribution < 1.29 is 0 Å². The summed E-state index contributed by atoms with van der Waals surface area (Å²) in [5, 5.41) is 0. The van der Waals surface area contributed by atoms with Crippen molar-refractivity contribution in [3.8, 4) is 0 Å². The third kappa shape index (κ3) is 2.13. The summed E-state index contributed by atoms with van der Waals surface area (Å²) < 4.78 is 0. The van der Waals surface area contributed by atoms with E-state index in [-0.39, 0.29) is 0 Å². The highest BCUT2D eigenvalue weighted by Gasteiger charge is 2.36. The zero-order valence-electron chi connectivity index (χ0n) is 9.76. The highest BCUT2D eigenvalue weighted by molar-refractivity contribution is 4.90. The van der Waals surface area contributed by atoms with E-state index in [1.54, 1.807) is 0 Å². The molecule has 3 atom stereocenters. The summed E-state index contributed by atoms with van der Waals surface area (Å²) in [6.45, 7) is 4.80. The van der Waals surface area contributed by atoms with Gasteiger partial charge in [0.15, 0.2) is 0 Å². The molecule has 0 aromatic rings. The predicted octanol–water partition coefficient (Wildman–Crippen LogP) is 3.33. The van der Waals surface area contributed by atoms with Gasteiger partial charge in [-0.25, -0.2) is 0 Å². The molecule has 2 N–H and O–H groups in total. The monoisotopic (exact) mass is 195 g/mol. The average molecular weight is 195 g/mol. The molecule has 82 valence electrons. The molecular formula is C13H25N. The Morgan fingerprint density at radius 3 is 2.50 bits per heavy atom. The van der Waals surface area contributed by atoms with Gasteiger partial charge in [-0.2, -0.15) is 0 Å². The van der Waals surface area contributed by atoms with Gasteiger partial charge in [-0.05, 0) is 49.4 Å². The van der Waals surface area contributed by atoms with Gasteiger partial charge >= 0.3 is 0 Å². The minimum atomic E-state index is 0.491. The first-order valence-electron chi connectivity index (χ1n) is 6.35. The number of hydrogen-bond donors (Lipinski definition) is 1. The average Bonchev–Trinajstić information content (AvgIpc) is 2.49. The predicted molar refractivity (Wildman–Crippen MR) is 61.1 cm³/mol. The fourth-order valence-corrected chi connectivity index (χ4v) is 3.36. The summed E-state index contributed by atoms with van der Waals surface area (Å²) in [6, 6.07) is 0.491. The molecule has 2 aliphatic carbocycles. The Labute approximate surface area is 88.4 Å². The minimum Gasteiger partial charge on any atom is -0.327 e. The van der Waals surface area contributed by atoms with E-state index in [0.717, 1.165) is 11.8 Å². The van der Waals surface area contributed by atoms with Crippen LogP contribution < -0.4 is 5.73 Å². The fraction of sp³-hybridized carbons (Fsp3) is 1.00. The maximum Gasteiger partial charge on any atom is 0.00724 e. The molecule has 0 radical (unpaired) electrons. The van der Waals surface area contributed by atoms with Gasteiger partial charge in [0.25, 0.3) is 0 Å². The second-order valence-electron chi connectivity index (χ2n) is 6.21. The van der Waals surface area contributed by atoms with Crippen LogP contribution in [-0.4, -0.2) is 6.04 Å². The van der Waals surface area contributed by atoms with Crippen LogP contribution in [0, 0.1) is 17.3 Å². The Morgan fingerprint density at radius 2 is 2.07 bits per heavy atom. The van der Waals surface area contributed by atoms with E-state index in [4.69, 9.17) is 5.73 Å². The number of hydrogen-bond acceptors (Lipinski definition) is 1. The lowest BCUT2D eigenvalue weighted by Crippen LogP contribution is -2.38. The van der Waals surface area contributed by atoms with E-state index < -0.39 is 0 Å². The highest BCUT2D eigenvalue weighted by Crippen LogP contribution is 2.46. The minimum absolute atomic E-state index is 0.491.